The van der Waals surface area contributed by atoms with Crippen molar-refractivity contribution in [2.45, 2.75) is 26.8 Å². The van der Waals surface area contributed by atoms with Crippen LogP contribution in [0.4, 0.5) is 0 Å². The van der Waals surface area contributed by atoms with E-state index in [1.165, 1.54) is 4.57 Å². The van der Waals surface area contributed by atoms with Gasteiger partial charge < -0.3 is 4.74 Å². The summed E-state index contributed by atoms with van der Waals surface area (Å²) >= 11 is 0. The fourth-order valence-electron chi connectivity index (χ4n) is 1.23. The maximum Gasteiger partial charge on any atom is 0.293 e. The zero-order valence-electron chi connectivity index (χ0n) is 9.64. The lowest BCUT2D eigenvalue weighted by atomic mass is 10.1. The summed E-state index contributed by atoms with van der Waals surface area (Å²) in [6.45, 7) is 4.79. The predicted molar refractivity (Wildman–Crippen MR) is 61.3 cm³/mol. The number of nitrogens with zero attached hydrogens (tertiary/aromatic N) is 2. The van der Waals surface area contributed by atoms with E-state index in [4.69, 9.17) is 10.00 Å². The van der Waals surface area contributed by atoms with Gasteiger partial charge in [-0.3, -0.25) is 9.36 Å². The van der Waals surface area contributed by atoms with E-state index in [0.717, 1.165) is 6.42 Å². The lowest BCUT2D eigenvalue weighted by Gasteiger charge is -2.08. The quantitative estimate of drug-likeness (QED) is 0.760. The highest BCUT2D eigenvalue weighted by atomic mass is 16.5. The van der Waals surface area contributed by atoms with Crippen LogP contribution in [0.1, 0.15) is 20.3 Å². The van der Waals surface area contributed by atoms with Crippen LogP contribution in [0.5, 0.6) is 5.75 Å². The van der Waals surface area contributed by atoms with Crippen LogP contribution in [0.2, 0.25) is 0 Å². The molecule has 0 spiro atoms. The number of pyridine rings is 1. The first-order valence-corrected chi connectivity index (χ1v) is 5.34. The summed E-state index contributed by atoms with van der Waals surface area (Å²) in [4.78, 5) is 11.7. The van der Waals surface area contributed by atoms with Crippen LogP contribution >= 0.6 is 0 Å². The maximum atomic E-state index is 11.7. The molecule has 0 aliphatic carbocycles. The Hall–Kier alpha value is -1.76. The summed E-state index contributed by atoms with van der Waals surface area (Å²) < 4.78 is 6.73. The fraction of sp³-hybridized carbons (Fsp3) is 0.500. The highest BCUT2D eigenvalue weighted by Gasteiger charge is 2.04. The second-order valence-electron chi connectivity index (χ2n) is 3.99. The smallest absolute Gasteiger partial charge is 0.293 e. The second kappa shape index (κ2) is 5.96. The van der Waals surface area contributed by atoms with Crippen LogP contribution in [0.15, 0.2) is 23.1 Å². The third-order valence-electron chi connectivity index (χ3n) is 2.18. The van der Waals surface area contributed by atoms with E-state index in [0.29, 0.717) is 18.3 Å². The van der Waals surface area contributed by atoms with Crippen LogP contribution in [-0.2, 0) is 6.54 Å². The van der Waals surface area contributed by atoms with Gasteiger partial charge in [0.2, 0.25) is 0 Å². The monoisotopic (exact) mass is 220 g/mol. The molecule has 0 saturated carbocycles. The molecule has 0 aromatic carbocycles. The lowest BCUT2D eigenvalue weighted by molar-refractivity contribution is 0.284. The van der Waals surface area contributed by atoms with E-state index in [1.54, 1.807) is 18.3 Å². The minimum Gasteiger partial charge on any atom is -0.488 e. The molecular weight excluding hydrogens is 204 g/mol. The van der Waals surface area contributed by atoms with E-state index < -0.39 is 0 Å². The number of ether oxygens (including phenoxy) is 1. The van der Waals surface area contributed by atoms with Crippen LogP contribution < -0.4 is 10.3 Å². The number of nitriles is 1. The van der Waals surface area contributed by atoms with E-state index in [9.17, 15) is 4.79 Å². The summed E-state index contributed by atoms with van der Waals surface area (Å²) in [6, 6.07) is 5.28. The summed E-state index contributed by atoms with van der Waals surface area (Å²) in [7, 11) is 0. The van der Waals surface area contributed by atoms with Gasteiger partial charge in [-0.1, -0.05) is 13.8 Å². The molecule has 1 heterocycles. The minimum absolute atomic E-state index is 0.0558. The highest BCUT2D eigenvalue weighted by molar-refractivity contribution is 5.17. The van der Waals surface area contributed by atoms with Crippen molar-refractivity contribution in [2.24, 2.45) is 5.92 Å². The third-order valence-corrected chi connectivity index (χ3v) is 2.18. The summed E-state index contributed by atoms with van der Waals surface area (Å²) in [6.07, 6.45) is 2.49. The van der Waals surface area contributed by atoms with E-state index in [1.807, 2.05) is 6.07 Å². The molecule has 0 radical (unpaired) electrons. The van der Waals surface area contributed by atoms with E-state index in [-0.39, 0.29) is 12.1 Å². The Morgan fingerprint density at radius 2 is 2.31 bits per heavy atom. The van der Waals surface area contributed by atoms with Gasteiger partial charge in [-0.15, -0.1) is 0 Å². The van der Waals surface area contributed by atoms with Crippen molar-refractivity contribution in [3.05, 3.63) is 28.7 Å². The first kappa shape index (κ1) is 12.3. The van der Waals surface area contributed by atoms with Gasteiger partial charge in [0.15, 0.2) is 5.75 Å². The molecule has 0 amide bonds. The number of hydrogen-bond donors (Lipinski definition) is 0. The SMILES string of the molecule is CC(C)CCOc1cccn(CC#N)c1=O. The lowest BCUT2D eigenvalue weighted by Crippen LogP contribution is -2.21. The molecule has 86 valence electrons. The van der Waals surface area contributed by atoms with Crippen molar-refractivity contribution in [1.29, 1.82) is 5.26 Å². The van der Waals surface area contributed by atoms with Crippen LogP contribution in [0.3, 0.4) is 0 Å². The molecule has 1 rings (SSSR count). The van der Waals surface area contributed by atoms with Gasteiger partial charge in [-0.2, -0.15) is 5.26 Å². The Bertz CT molecular complexity index is 429. The molecule has 0 aliphatic rings. The van der Waals surface area contributed by atoms with Crippen molar-refractivity contribution in [3.8, 4) is 11.8 Å². The molecule has 1 aromatic heterocycles. The minimum atomic E-state index is -0.243. The summed E-state index contributed by atoms with van der Waals surface area (Å²) in [5, 5.41) is 8.53. The van der Waals surface area contributed by atoms with Gasteiger partial charge in [0.1, 0.15) is 6.54 Å². The average Bonchev–Trinajstić information content (AvgIpc) is 2.23. The summed E-state index contributed by atoms with van der Waals surface area (Å²) in [5.41, 5.74) is -0.243. The molecule has 0 atom stereocenters. The number of hydrogen-bond acceptors (Lipinski definition) is 3. The van der Waals surface area contributed by atoms with Gasteiger partial charge in [0.25, 0.3) is 5.56 Å². The third kappa shape index (κ3) is 3.43. The molecule has 0 saturated heterocycles. The molecule has 0 N–H and O–H groups in total. The first-order chi connectivity index (χ1) is 7.65. The molecule has 0 bridgehead atoms. The van der Waals surface area contributed by atoms with Gasteiger partial charge in [-0.05, 0) is 24.5 Å². The molecule has 0 unspecified atom stereocenters. The van der Waals surface area contributed by atoms with Crippen molar-refractivity contribution in [2.75, 3.05) is 6.61 Å². The fourth-order valence-corrected chi connectivity index (χ4v) is 1.23. The molecule has 16 heavy (non-hydrogen) atoms. The zero-order valence-corrected chi connectivity index (χ0v) is 9.64. The number of aromatic nitrogens is 1. The van der Waals surface area contributed by atoms with Gasteiger partial charge in [-0.25, -0.2) is 0 Å². The molecule has 0 aliphatic heterocycles. The standard InChI is InChI=1S/C12H16N2O2/c1-10(2)5-9-16-11-4-3-7-14(8-6-13)12(11)15/h3-4,7,10H,5,8-9H2,1-2H3. The molecule has 1 aromatic rings. The Balaban J connectivity index is 2.70. The van der Waals surface area contributed by atoms with Crippen molar-refractivity contribution >= 4 is 0 Å². The van der Waals surface area contributed by atoms with Crippen molar-refractivity contribution in [3.63, 3.8) is 0 Å². The molecular formula is C12H16N2O2. The first-order valence-electron chi connectivity index (χ1n) is 5.34. The Kier molecular flexibility index (Phi) is 4.59. The summed E-state index contributed by atoms with van der Waals surface area (Å²) in [5.74, 6) is 0.864. The van der Waals surface area contributed by atoms with Crippen LogP contribution in [0, 0.1) is 17.2 Å². The molecule has 4 heteroatoms. The average molecular weight is 220 g/mol. The van der Waals surface area contributed by atoms with Crippen molar-refractivity contribution in [1.82, 2.24) is 4.57 Å². The molecule has 0 fully saturated rings. The topological polar surface area (TPSA) is 55.0 Å². The molecule has 4 nitrogen and oxygen atoms in total. The van der Waals surface area contributed by atoms with Crippen LogP contribution in [0.25, 0.3) is 0 Å². The largest absolute Gasteiger partial charge is 0.488 e. The maximum absolute atomic E-state index is 11.7. The second-order valence-corrected chi connectivity index (χ2v) is 3.99. The van der Waals surface area contributed by atoms with Gasteiger partial charge >= 0.3 is 0 Å². The predicted octanol–water partition coefficient (Wildman–Crippen LogP) is 1.80. The normalized spacial score (nSPS) is 10.1. The van der Waals surface area contributed by atoms with Crippen LogP contribution in [-0.4, -0.2) is 11.2 Å². The Morgan fingerprint density at radius 3 is 2.94 bits per heavy atom. The van der Waals surface area contributed by atoms with Gasteiger partial charge in [0.05, 0.1) is 12.7 Å². The van der Waals surface area contributed by atoms with E-state index in [2.05, 4.69) is 13.8 Å². The highest BCUT2D eigenvalue weighted by Crippen LogP contribution is 2.05. The Labute approximate surface area is 95.1 Å². The Morgan fingerprint density at radius 1 is 1.56 bits per heavy atom. The van der Waals surface area contributed by atoms with Gasteiger partial charge in [0, 0.05) is 6.20 Å². The number of rotatable bonds is 5. The van der Waals surface area contributed by atoms with E-state index >= 15 is 0 Å². The van der Waals surface area contributed by atoms with Crippen molar-refractivity contribution < 1.29 is 4.74 Å². The zero-order chi connectivity index (χ0) is 12.0.